The monoisotopic (exact) mass is 265 g/mol. The van der Waals surface area contributed by atoms with Crippen molar-refractivity contribution in [3.05, 3.63) is 40.8 Å². The average Bonchev–Trinajstić information content (AvgIpc) is 2.78. The van der Waals surface area contributed by atoms with Gasteiger partial charge in [-0.3, -0.25) is 0 Å². The van der Waals surface area contributed by atoms with E-state index in [0.29, 0.717) is 16.9 Å². The summed E-state index contributed by atoms with van der Waals surface area (Å²) in [6, 6.07) is 3.44. The second kappa shape index (κ2) is 3.91. The SMILES string of the molecule is Fc1ccc(-n2nnc3c(=S)nc[nH]c32)cc1F. The Morgan fingerprint density at radius 3 is 2.83 bits per heavy atom. The maximum absolute atomic E-state index is 13.2. The van der Waals surface area contributed by atoms with Crippen LogP contribution < -0.4 is 0 Å². The number of aromatic amines is 1. The molecule has 0 aliphatic carbocycles. The van der Waals surface area contributed by atoms with Gasteiger partial charge in [-0.2, -0.15) is 4.68 Å². The van der Waals surface area contributed by atoms with Crippen molar-refractivity contribution in [2.24, 2.45) is 0 Å². The van der Waals surface area contributed by atoms with E-state index in [2.05, 4.69) is 20.3 Å². The number of nitrogens with one attached hydrogen (secondary N) is 1. The Bertz CT molecular complexity index is 794. The van der Waals surface area contributed by atoms with Gasteiger partial charge in [0.2, 0.25) is 0 Å². The molecule has 0 aliphatic heterocycles. The van der Waals surface area contributed by atoms with Crippen LogP contribution in [0.1, 0.15) is 0 Å². The summed E-state index contributed by atoms with van der Waals surface area (Å²) in [7, 11) is 0. The summed E-state index contributed by atoms with van der Waals surface area (Å²) < 4.78 is 27.7. The van der Waals surface area contributed by atoms with Crippen molar-refractivity contribution < 1.29 is 8.78 Å². The Hall–Kier alpha value is -2.22. The maximum atomic E-state index is 13.2. The van der Waals surface area contributed by atoms with Crippen molar-refractivity contribution >= 4 is 23.4 Å². The Balaban J connectivity index is 2.29. The van der Waals surface area contributed by atoms with Crippen molar-refractivity contribution in [2.75, 3.05) is 0 Å². The summed E-state index contributed by atoms with van der Waals surface area (Å²) in [5, 5.41) is 7.68. The van der Waals surface area contributed by atoms with E-state index in [9.17, 15) is 8.78 Å². The molecule has 0 amide bonds. The van der Waals surface area contributed by atoms with Gasteiger partial charge in [-0.15, -0.1) is 5.10 Å². The van der Waals surface area contributed by atoms with Crippen LogP contribution in [0.4, 0.5) is 8.78 Å². The normalized spacial score (nSPS) is 11.0. The second-order valence-corrected chi connectivity index (χ2v) is 3.89. The lowest BCUT2D eigenvalue weighted by molar-refractivity contribution is 0.507. The number of halogens is 2. The fourth-order valence-corrected chi connectivity index (χ4v) is 1.76. The van der Waals surface area contributed by atoms with Crippen molar-refractivity contribution in [1.82, 2.24) is 25.0 Å². The van der Waals surface area contributed by atoms with Crippen molar-refractivity contribution in [3.8, 4) is 5.69 Å². The van der Waals surface area contributed by atoms with Gasteiger partial charge in [-0.25, -0.2) is 13.8 Å². The fourth-order valence-electron chi connectivity index (χ4n) is 1.57. The second-order valence-electron chi connectivity index (χ2n) is 3.50. The lowest BCUT2D eigenvalue weighted by Gasteiger charge is -2.02. The maximum Gasteiger partial charge on any atom is 0.167 e. The minimum absolute atomic E-state index is 0.289. The number of benzene rings is 1. The van der Waals surface area contributed by atoms with Crippen molar-refractivity contribution in [3.63, 3.8) is 0 Å². The van der Waals surface area contributed by atoms with Gasteiger partial charge in [-0.1, -0.05) is 17.4 Å². The van der Waals surface area contributed by atoms with E-state index in [-0.39, 0.29) is 4.64 Å². The van der Waals surface area contributed by atoms with Gasteiger partial charge in [-0.05, 0) is 12.1 Å². The van der Waals surface area contributed by atoms with E-state index < -0.39 is 11.6 Å². The highest BCUT2D eigenvalue weighted by Gasteiger charge is 2.10. The minimum atomic E-state index is -0.955. The highest BCUT2D eigenvalue weighted by molar-refractivity contribution is 7.71. The van der Waals surface area contributed by atoms with Crippen molar-refractivity contribution in [1.29, 1.82) is 0 Å². The summed E-state index contributed by atoms with van der Waals surface area (Å²) in [4.78, 5) is 6.67. The number of nitrogens with zero attached hydrogens (tertiary/aromatic N) is 4. The number of aromatic nitrogens is 5. The lowest BCUT2D eigenvalue weighted by Crippen LogP contribution is -1.99. The topological polar surface area (TPSA) is 59.4 Å². The van der Waals surface area contributed by atoms with Crippen molar-refractivity contribution in [2.45, 2.75) is 0 Å². The molecule has 3 rings (SSSR count). The van der Waals surface area contributed by atoms with Gasteiger partial charge in [0.25, 0.3) is 0 Å². The molecular formula is C10H5F2N5S. The Morgan fingerprint density at radius 1 is 1.22 bits per heavy atom. The highest BCUT2D eigenvalue weighted by Crippen LogP contribution is 2.16. The third kappa shape index (κ3) is 1.58. The molecule has 0 saturated carbocycles. The standard InChI is InChI=1S/C10H5F2N5S/c11-6-2-1-5(3-7(6)12)17-9-8(15-16-17)10(18)14-4-13-9/h1-4H,(H,13,14,18). The molecule has 0 aliphatic rings. The van der Waals surface area contributed by atoms with Gasteiger partial charge >= 0.3 is 0 Å². The molecule has 1 N–H and O–H groups in total. The predicted octanol–water partition coefficient (Wildman–Crippen LogP) is 2.15. The molecule has 0 saturated heterocycles. The van der Waals surface area contributed by atoms with Crippen LogP contribution >= 0.6 is 12.2 Å². The largest absolute Gasteiger partial charge is 0.329 e. The third-order valence-electron chi connectivity index (χ3n) is 2.40. The average molecular weight is 265 g/mol. The van der Waals surface area contributed by atoms with Crippen LogP contribution in [-0.4, -0.2) is 25.0 Å². The molecule has 18 heavy (non-hydrogen) atoms. The number of rotatable bonds is 1. The van der Waals surface area contributed by atoms with Crippen LogP contribution in [0, 0.1) is 16.3 Å². The summed E-state index contributed by atoms with van der Waals surface area (Å²) in [5.74, 6) is -1.87. The number of hydrogen-bond donors (Lipinski definition) is 1. The molecule has 0 atom stereocenters. The van der Waals surface area contributed by atoms with Gasteiger partial charge in [0, 0.05) is 6.07 Å². The molecule has 8 heteroatoms. The molecule has 0 unspecified atom stereocenters. The number of fused-ring (bicyclic) bond motifs is 1. The molecule has 0 bridgehead atoms. The first-order valence-corrected chi connectivity index (χ1v) is 5.32. The predicted molar refractivity (Wildman–Crippen MR) is 61.8 cm³/mol. The molecular weight excluding hydrogens is 260 g/mol. The fraction of sp³-hybridized carbons (Fsp3) is 0. The van der Waals surface area contributed by atoms with E-state index in [1.807, 2.05) is 0 Å². The first-order valence-electron chi connectivity index (χ1n) is 4.91. The van der Waals surface area contributed by atoms with E-state index >= 15 is 0 Å². The molecule has 5 nitrogen and oxygen atoms in total. The smallest absolute Gasteiger partial charge is 0.167 e. The molecule has 2 heterocycles. The molecule has 3 aromatic rings. The summed E-state index contributed by atoms with van der Waals surface area (Å²) in [6.45, 7) is 0. The van der Waals surface area contributed by atoms with Gasteiger partial charge in [0.15, 0.2) is 27.4 Å². The van der Waals surface area contributed by atoms with Crippen LogP contribution in [0.15, 0.2) is 24.5 Å². The van der Waals surface area contributed by atoms with Gasteiger partial charge < -0.3 is 4.98 Å². The Labute approximate surface area is 104 Å². The van der Waals surface area contributed by atoms with Crippen LogP contribution in [0.25, 0.3) is 16.9 Å². The zero-order chi connectivity index (χ0) is 12.7. The molecule has 0 fully saturated rings. The van der Waals surface area contributed by atoms with Gasteiger partial charge in [0.05, 0.1) is 12.0 Å². The Kier molecular flexibility index (Phi) is 2.37. The lowest BCUT2D eigenvalue weighted by atomic mass is 10.3. The number of H-pyrrole nitrogens is 1. The van der Waals surface area contributed by atoms with Crippen LogP contribution in [0.2, 0.25) is 0 Å². The Morgan fingerprint density at radius 2 is 2.06 bits per heavy atom. The summed E-state index contributed by atoms with van der Waals surface area (Å²) in [6.07, 6.45) is 1.39. The van der Waals surface area contributed by atoms with E-state index in [0.717, 1.165) is 12.1 Å². The molecule has 0 radical (unpaired) electrons. The van der Waals surface area contributed by atoms with Crippen LogP contribution in [0.3, 0.4) is 0 Å². The van der Waals surface area contributed by atoms with E-state index in [1.54, 1.807) is 0 Å². The highest BCUT2D eigenvalue weighted by atomic mass is 32.1. The quantitative estimate of drug-likeness (QED) is 0.685. The molecule has 1 aromatic carbocycles. The zero-order valence-corrected chi connectivity index (χ0v) is 9.58. The number of hydrogen-bond acceptors (Lipinski definition) is 4. The first kappa shape index (κ1) is 10.9. The van der Waals surface area contributed by atoms with Crippen LogP contribution in [0.5, 0.6) is 0 Å². The van der Waals surface area contributed by atoms with E-state index in [4.69, 9.17) is 12.2 Å². The zero-order valence-electron chi connectivity index (χ0n) is 8.76. The molecule has 2 aromatic heterocycles. The van der Waals surface area contributed by atoms with Gasteiger partial charge in [0.1, 0.15) is 0 Å². The van der Waals surface area contributed by atoms with E-state index in [1.165, 1.54) is 17.1 Å². The summed E-state index contributed by atoms with van der Waals surface area (Å²) >= 11 is 4.98. The molecule has 0 spiro atoms. The van der Waals surface area contributed by atoms with Crippen LogP contribution in [-0.2, 0) is 0 Å². The summed E-state index contributed by atoms with van der Waals surface area (Å²) in [5.41, 5.74) is 1.21. The minimum Gasteiger partial charge on any atom is -0.329 e. The third-order valence-corrected chi connectivity index (χ3v) is 2.70. The first-order chi connectivity index (χ1) is 8.66. The molecule has 90 valence electrons.